The van der Waals surface area contributed by atoms with Crippen LogP contribution < -0.4 is 5.73 Å². The van der Waals surface area contributed by atoms with Crippen molar-refractivity contribution in [2.45, 2.75) is 26.8 Å². The van der Waals surface area contributed by atoms with Crippen LogP contribution >= 0.6 is 0 Å². The van der Waals surface area contributed by atoms with E-state index in [-0.39, 0.29) is 5.78 Å². The summed E-state index contributed by atoms with van der Waals surface area (Å²) in [4.78, 5) is 16.6. The molecule has 0 aliphatic carbocycles. The molecule has 0 unspecified atom stereocenters. The number of carbonyl (C=O) groups is 1. The summed E-state index contributed by atoms with van der Waals surface area (Å²) >= 11 is 0. The van der Waals surface area contributed by atoms with Gasteiger partial charge in [0.2, 0.25) is 5.78 Å². The van der Waals surface area contributed by atoms with E-state index >= 15 is 0 Å². The molecule has 2 rings (SSSR count). The SMILES string of the molecule is CCCn1ccnc1C(=O)c1cccc(N)c1C. The fourth-order valence-corrected chi connectivity index (χ4v) is 1.96. The molecule has 4 heteroatoms. The van der Waals surface area contributed by atoms with E-state index in [2.05, 4.69) is 11.9 Å². The van der Waals surface area contributed by atoms with E-state index < -0.39 is 0 Å². The van der Waals surface area contributed by atoms with Gasteiger partial charge in [-0.15, -0.1) is 0 Å². The van der Waals surface area contributed by atoms with Gasteiger partial charge in [0.05, 0.1) is 0 Å². The van der Waals surface area contributed by atoms with E-state index in [4.69, 9.17) is 5.73 Å². The second kappa shape index (κ2) is 5.04. The highest BCUT2D eigenvalue weighted by Crippen LogP contribution is 2.18. The maximum Gasteiger partial charge on any atom is 0.228 e. The van der Waals surface area contributed by atoms with Crippen molar-refractivity contribution in [3.63, 3.8) is 0 Å². The van der Waals surface area contributed by atoms with Crippen LogP contribution in [0.15, 0.2) is 30.6 Å². The first-order valence-electron chi connectivity index (χ1n) is 6.06. The topological polar surface area (TPSA) is 60.9 Å². The third-order valence-corrected chi connectivity index (χ3v) is 3.00. The number of hydrogen-bond donors (Lipinski definition) is 1. The summed E-state index contributed by atoms with van der Waals surface area (Å²) in [6, 6.07) is 5.38. The normalized spacial score (nSPS) is 10.6. The molecule has 4 nitrogen and oxygen atoms in total. The molecule has 1 aromatic carbocycles. The first-order valence-corrected chi connectivity index (χ1v) is 6.06. The molecular formula is C14H17N3O. The molecule has 2 aromatic rings. The molecule has 1 heterocycles. The van der Waals surface area contributed by atoms with Crippen molar-refractivity contribution in [3.05, 3.63) is 47.5 Å². The number of hydrogen-bond acceptors (Lipinski definition) is 3. The number of ketones is 1. The molecule has 0 aliphatic heterocycles. The Kier molecular flexibility index (Phi) is 3.46. The average Bonchev–Trinajstić information content (AvgIpc) is 2.80. The Hall–Kier alpha value is -2.10. The van der Waals surface area contributed by atoms with Gasteiger partial charge in [-0.1, -0.05) is 19.1 Å². The van der Waals surface area contributed by atoms with Crippen LogP contribution in [0.4, 0.5) is 5.69 Å². The zero-order valence-electron chi connectivity index (χ0n) is 10.7. The maximum absolute atomic E-state index is 12.4. The summed E-state index contributed by atoms with van der Waals surface area (Å²) in [7, 11) is 0. The third kappa shape index (κ3) is 2.14. The fourth-order valence-electron chi connectivity index (χ4n) is 1.96. The fraction of sp³-hybridized carbons (Fsp3) is 0.286. The minimum absolute atomic E-state index is 0.0711. The van der Waals surface area contributed by atoms with Gasteiger partial charge in [-0.05, 0) is 25.0 Å². The number of nitrogens with two attached hydrogens (primary N) is 1. The number of anilines is 1. The van der Waals surface area contributed by atoms with Crippen LogP contribution in [0, 0.1) is 6.92 Å². The van der Waals surface area contributed by atoms with Crippen LogP contribution in [0.25, 0.3) is 0 Å². The molecule has 0 amide bonds. The standard InChI is InChI=1S/C14H17N3O/c1-3-8-17-9-7-16-14(17)13(18)11-5-4-6-12(15)10(11)2/h4-7,9H,3,8,15H2,1-2H3. The summed E-state index contributed by atoms with van der Waals surface area (Å²) in [6.07, 6.45) is 4.45. The smallest absolute Gasteiger partial charge is 0.228 e. The Labute approximate surface area is 106 Å². The van der Waals surface area contributed by atoms with Crippen LogP contribution in [-0.2, 0) is 6.54 Å². The van der Waals surface area contributed by atoms with E-state index in [1.807, 2.05) is 17.7 Å². The number of nitrogen functional groups attached to an aromatic ring is 1. The Balaban J connectivity index is 2.42. The van der Waals surface area contributed by atoms with Gasteiger partial charge in [-0.2, -0.15) is 0 Å². The van der Waals surface area contributed by atoms with Crippen LogP contribution in [-0.4, -0.2) is 15.3 Å². The monoisotopic (exact) mass is 243 g/mol. The third-order valence-electron chi connectivity index (χ3n) is 3.00. The number of nitrogens with zero attached hydrogens (tertiary/aromatic N) is 2. The molecule has 0 spiro atoms. The molecule has 0 atom stereocenters. The number of carbonyl (C=O) groups excluding carboxylic acids is 1. The molecule has 18 heavy (non-hydrogen) atoms. The summed E-state index contributed by atoms with van der Waals surface area (Å²) in [6.45, 7) is 4.72. The van der Waals surface area contributed by atoms with E-state index in [0.717, 1.165) is 18.5 Å². The predicted molar refractivity (Wildman–Crippen MR) is 71.5 cm³/mol. The largest absolute Gasteiger partial charge is 0.398 e. The molecule has 2 N–H and O–H groups in total. The Morgan fingerprint density at radius 3 is 2.94 bits per heavy atom. The zero-order valence-corrected chi connectivity index (χ0v) is 10.7. The minimum atomic E-state index is -0.0711. The highest BCUT2D eigenvalue weighted by atomic mass is 16.1. The van der Waals surface area contributed by atoms with Crippen molar-refractivity contribution < 1.29 is 4.79 Å². The van der Waals surface area contributed by atoms with Crippen molar-refractivity contribution >= 4 is 11.5 Å². The van der Waals surface area contributed by atoms with Crippen molar-refractivity contribution in [2.24, 2.45) is 0 Å². The van der Waals surface area contributed by atoms with Crippen LogP contribution in [0.1, 0.15) is 35.1 Å². The van der Waals surface area contributed by atoms with E-state index in [9.17, 15) is 4.79 Å². The molecule has 0 saturated heterocycles. The van der Waals surface area contributed by atoms with E-state index in [1.165, 1.54) is 0 Å². The predicted octanol–water partition coefficient (Wildman–Crippen LogP) is 2.41. The van der Waals surface area contributed by atoms with Gasteiger partial charge < -0.3 is 10.3 Å². The molecule has 0 radical (unpaired) electrons. The van der Waals surface area contributed by atoms with Gasteiger partial charge in [0, 0.05) is 30.2 Å². The molecule has 94 valence electrons. The lowest BCUT2D eigenvalue weighted by atomic mass is 10.0. The number of aromatic nitrogens is 2. The highest BCUT2D eigenvalue weighted by Gasteiger charge is 2.17. The van der Waals surface area contributed by atoms with Gasteiger partial charge in [-0.25, -0.2) is 4.98 Å². The second-order valence-corrected chi connectivity index (χ2v) is 4.29. The molecule has 1 aromatic heterocycles. The van der Waals surface area contributed by atoms with Gasteiger partial charge in [-0.3, -0.25) is 4.79 Å². The highest BCUT2D eigenvalue weighted by molar-refractivity contribution is 6.08. The first kappa shape index (κ1) is 12.4. The Bertz CT molecular complexity index is 572. The van der Waals surface area contributed by atoms with Crippen LogP contribution in [0.5, 0.6) is 0 Å². The number of benzene rings is 1. The van der Waals surface area contributed by atoms with Crippen molar-refractivity contribution in [3.8, 4) is 0 Å². The lowest BCUT2D eigenvalue weighted by Crippen LogP contribution is -2.13. The number of aryl methyl sites for hydroxylation is 1. The molecular weight excluding hydrogens is 226 g/mol. The van der Waals surface area contributed by atoms with Crippen molar-refractivity contribution in [1.29, 1.82) is 0 Å². The molecule has 0 saturated carbocycles. The van der Waals surface area contributed by atoms with Gasteiger partial charge in [0.25, 0.3) is 0 Å². The number of rotatable bonds is 4. The average molecular weight is 243 g/mol. The van der Waals surface area contributed by atoms with Gasteiger partial charge in [0.15, 0.2) is 5.82 Å². The summed E-state index contributed by atoms with van der Waals surface area (Å²) in [5, 5.41) is 0. The van der Waals surface area contributed by atoms with E-state index in [1.54, 1.807) is 24.4 Å². The molecule has 0 aliphatic rings. The number of imidazole rings is 1. The lowest BCUT2D eigenvalue weighted by Gasteiger charge is -2.09. The second-order valence-electron chi connectivity index (χ2n) is 4.29. The molecule has 0 fully saturated rings. The lowest BCUT2D eigenvalue weighted by molar-refractivity contribution is 0.102. The van der Waals surface area contributed by atoms with Crippen molar-refractivity contribution in [2.75, 3.05) is 5.73 Å². The minimum Gasteiger partial charge on any atom is -0.398 e. The zero-order chi connectivity index (χ0) is 13.1. The van der Waals surface area contributed by atoms with Crippen molar-refractivity contribution in [1.82, 2.24) is 9.55 Å². The Morgan fingerprint density at radius 1 is 1.44 bits per heavy atom. The van der Waals surface area contributed by atoms with Gasteiger partial charge >= 0.3 is 0 Å². The summed E-state index contributed by atoms with van der Waals surface area (Å²) in [5.41, 5.74) is 7.90. The van der Waals surface area contributed by atoms with Gasteiger partial charge in [0.1, 0.15) is 0 Å². The maximum atomic E-state index is 12.4. The molecule has 0 bridgehead atoms. The Morgan fingerprint density at radius 2 is 2.22 bits per heavy atom. The summed E-state index contributed by atoms with van der Waals surface area (Å²) < 4.78 is 1.88. The van der Waals surface area contributed by atoms with Crippen LogP contribution in [0.2, 0.25) is 0 Å². The van der Waals surface area contributed by atoms with Crippen LogP contribution in [0.3, 0.4) is 0 Å². The summed E-state index contributed by atoms with van der Waals surface area (Å²) in [5.74, 6) is 0.406. The first-order chi connectivity index (χ1) is 8.65. The van der Waals surface area contributed by atoms with E-state index in [0.29, 0.717) is 17.1 Å². The quantitative estimate of drug-likeness (QED) is 0.662.